The number of hydrogen-bond acceptors (Lipinski definition) is 4. The molecule has 4 heteroatoms. The van der Waals surface area contributed by atoms with E-state index < -0.39 is 5.60 Å². The Labute approximate surface area is 70.8 Å². The minimum absolute atomic E-state index is 0.221. The van der Waals surface area contributed by atoms with E-state index in [1.807, 2.05) is 6.92 Å². The fourth-order valence-electron chi connectivity index (χ4n) is 0.804. The fourth-order valence-corrected chi connectivity index (χ4v) is 0.804. The summed E-state index contributed by atoms with van der Waals surface area (Å²) in [5, 5.41) is 0. The highest BCUT2D eigenvalue weighted by Crippen LogP contribution is 2.30. The Morgan fingerprint density at radius 2 is 2.00 bits per heavy atom. The third-order valence-electron chi connectivity index (χ3n) is 2.15. The maximum absolute atomic E-state index is 11.2. The summed E-state index contributed by atoms with van der Waals surface area (Å²) in [5.74, 6) is -0.278. The summed E-state index contributed by atoms with van der Waals surface area (Å²) in [7, 11) is 0. The molecule has 2 fully saturated rings. The maximum Gasteiger partial charge on any atom is 0.340 e. The highest BCUT2D eigenvalue weighted by Gasteiger charge is 2.50. The molecule has 0 saturated carbocycles. The van der Waals surface area contributed by atoms with Crippen molar-refractivity contribution >= 4 is 5.97 Å². The van der Waals surface area contributed by atoms with E-state index in [1.165, 1.54) is 0 Å². The van der Waals surface area contributed by atoms with E-state index in [1.54, 1.807) is 6.92 Å². The van der Waals surface area contributed by atoms with Gasteiger partial charge in [0.05, 0.1) is 13.2 Å². The highest BCUT2D eigenvalue weighted by molar-refractivity contribution is 5.81. The van der Waals surface area contributed by atoms with E-state index in [9.17, 15) is 4.79 Å². The second-order valence-corrected chi connectivity index (χ2v) is 3.83. The number of carbonyl (C=O) groups is 1. The van der Waals surface area contributed by atoms with Crippen LogP contribution < -0.4 is 0 Å². The van der Waals surface area contributed by atoms with E-state index in [4.69, 9.17) is 14.2 Å². The van der Waals surface area contributed by atoms with Gasteiger partial charge in [-0.25, -0.2) is 4.79 Å². The second kappa shape index (κ2) is 2.20. The monoisotopic (exact) mass is 172 g/mol. The lowest BCUT2D eigenvalue weighted by atomic mass is 10.2. The van der Waals surface area contributed by atoms with Crippen molar-refractivity contribution in [3.05, 3.63) is 0 Å². The van der Waals surface area contributed by atoms with Gasteiger partial charge in [0.2, 0.25) is 0 Å². The third-order valence-corrected chi connectivity index (χ3v) is 2.15. The van der Waals surface area contributed by atoms with Gasteiger partial charge in [0, 0.05) is 0 Å². The summed E-state index contributed by atoms with van der Waals surface area (Å²) in [6, 6.07) is 0. The fraction of sp³-hybridized carbons (Fsp3) is 0.875. The van der Waals surface area contributed by atoms with Crippen LogP contribution in [0, 0.1) is 0 Å². The number of carbonyl (C=O) groups excluding carboxylic acids is 1. The van der Waals surface area contributed by atoms with Gasteiger partial charge >= 0.3 is 5.97 Å². The quantitative estimate of drug-likeness (QED) is 0.447. The minimum Gasteiger partial charge on any atom is -0.460 e. The zero-order valence-electron chi connectivity index (χ0n) is 7.25. The first-order valence-electron chi connectivity index (χ1n) is 3.99. The number of esters is 1. The van der Waals surface area contributed by atoms with Crippen molar-refractivity contribution in [1.82, 2.24) is 0 Å². The topological polar surface area (TPSA) is 51.4 Å². The van der Waals surface area contributed by atoms with Gasteiger partial charge in [-0.05, 0) is 13.8 Å². The number of epoxide rings is 2. The van der Waals surface area contributed by atoms with E-state index in [0.29, 0.717) is 19.8 Å². The Balaban J connectivity index is 1.76. The average Bonchev–Trinajstić information content (AvgIpc) is 2.89. The van der Waals surface area contributed by atoms with Crippen molar-refractivity contribution in [1.29, 1.82) is 0 Å². The number of hydrogen-bond donors (Lipinski definition) is 0. The molecule has 2 saturated heterocycles. The molecule has 2 atom stereocenters. The molecule has 2 aliphatic heterocycles. The lowest BCUT2D eigenvalue weighted by molar-refractivity contribution is -0.150. The van der Waals surface area contributed by atoms with Crippen LogP contribution in [0.5, 0.6) is 0 Å². The van der Waals surface area contributed by atoms with E-state index in [0.717, 1.165) is 0 Å². The van der Waals surface area contributed by atoms with Crippen LogP contribution in [0.4, 0.5) is 0 Å². The van der Waals surface area contributed by atoms with Crippen LogP contribution >= 0.6 is 0 Å². The van der Waals surface area contributed by atoms with Gasteiger partial charge in [-0.3, -0.25) is 0 Å². The molecule has 68 valence electrons. The molecule has 2 aliphatic rings. The van der Waals surface area contributed by atoms with E-state index in [-0.39, 0.29) is 11.6 Å². The summed E-state index contributed by atoms with van der Waals surface area (Å²) in [4.78, 5) is 11.2. The molecule has 0 aliphatic carbocycles. The van der Waals surface area contributed by atoms with E-state index in [2.05, 4.69) is 0 Å². The van der Waals surface area contributed by atoms with Gasteiger partial charge in [0.15, 0.2) is 5.60 Å². The van der Waals surface area contributed by atoms with E-state index >= 15 is 0 Å². The molecular formula is C8H12O4. The SMILES string of the molecule is CC1(COC(=O)C2(C)CO2)CO1. The smallest absolute Gasteiger partial charge is 0.340 e. The third kappa shape index (κ3) is 1.44. The van der Waals surface area contributed by atoms with Crippen molar-refractivity contribution in [2.24, 2.45) is 0 Å². The summed E-state index contributed by atoms with van der Waals surface area (Å²) in [6.07, 6.45) is 0. The molecule has 0 bridgehead atoms. The number of ether oxygens (including phenoxy) is 3. The first-order chi connectivity index (χ1) is 5.54. The van der Waals surface area contributed by atoms with Gasteiger partial charge in [-0.15, -0.1) is 0 Å². The predicted molar refractivity (Wildman–Crippen MR) is 39.7 cm³/mol. The van der Waals surface area contributed by atoms with Crippen LogP contribution in [0.3, 0.4) is 0 Å². The molecule has 0 spiro atoms. The molecule has 0 aromatic rings. The van der Waals surface area contributed by atoms with Crippen molar-refractivity contribution in [2.75, 3.05) is 19.8 Å². The molecule has 4 nitrogen and oxygen atoms in total. The summed E-state index contributed by atoms with van der Waals surface area (Å²) in [6.45, 7) is 5.13. The molecule has 2 unspecified atom stereocenters. The van der Waals surface area contributed by atoms with Gasteiger partial charge in [-0.2, -0.15) is 0 Å². The predicted octanol–water partition coefficient (Wildman–Crippen LogP) is 0.107. The van der Waals surface area contributed by atoms with Crippen LogP contribution in [0.1, 0.15) is 13.8 Å². The summed E-state index contributed by atoms with van der Waals surface area (Å²) >= 11 is 0. The zero-order valence-corrected chi connectivity index (χ0v) is 7.25. The summed E-state index contributed by atoms with van der Waals surface area (Å²) in [5.41, 5.74) is -0.883. The van der Waals surface area contributed by atoms with Crippen molar-refractivity contribution < 1.29 is 19.0 Å². The Kier molecular flexibility index (Phi) is 1.47. The molecule has 0 aromatic carbocycles. The lowest BCUT2D eigenvalue weighted by Crippen LogP contribution is -2.27. The van der Waals surface area contributed by atoms with Crippen LogP contribution in [-0.4, -0.2) is 37.0 Å². The van der Waals surface area contributed by atoms with Gasteiger partial charge in [0.25, 0.3) is 0 Å². The normalized spacial score (nSPS) is 43.8. The number of rotatable bonds is 3. The van der Waals surface area contributed by atoms with Crippen LogP contribution in [0.25, 0.3) is 0 Å². The Morgan fingerprint density at radius 1 is 1.42 bits per heavy atom. The van der Waals surface area contributed by atoms with Gasteiger partial charge in [0.1, 0.15) is 12.2 Å². The Morgan fingerprint density at radius 3 is 2.42 bits per heavy atom. The largest absolute Gasteiger partial charge is 0.460 e. The lowest BCUT2D eigenvalue weighted by Gasteiger charge is -2.08. The minimum atomic E-state index is -0.661. The molecule has 0 N–H and O–H groups in total. The zero-order chi connectivity index (χ0) is 8.82. The van der Waals surface area contributed by atoms with Crippen LogP contribution in [-0.2, 0) is 19.0 Å². The highest BCUT2D eigenvalue weighted by atomic mass is 16.7. The van der Waals surface area contributed by atoms with Gasteiger partial charge in [-0.1, -0.05) is 0 Å². The molecule has 2 heterocycles. The standard InChI is InChI=1S/C8H12O4/c1-7(4-11-7)3-10-6(9)8(2)5-12-8/h3-5H2,1-2H3. The molecule has 0 radical (unpaired) electrons. The van der Waals surface area contributed by atoms with Gasteiger partial charge < -0.3 is 14.2 Å². The Hall–Kier alpha value is -0.610. The van der Waals surface area contributed by atoms with Crippen LogP contribution in [0.2, 0.25) is 0 Å². The first-order valence-corrected chi connectivity index (χ1v) is 3.99. The molecule has 2 rings (SSSR count). The summed E-state index contributed by atoms with van der Waals surface area (Å²) < 4.78 is 15.0. The maximum atomic E-state index is 11.2. The Bertz CT molecular complexity index is 215. The second-order valence-electron chi connectivity index (χ2n) is 3.83. The molecule has 12 heavy (non-hydrogen) atoms. The van der Waals surface area contributed by atoms with Crippen LogP contribution in [0.15, 0.2) is 0 Å². The average molecular weight is 172 g/mol. The molecule has 0 amide bonds. The van der Waals surface area contributed by atoms with Crippen molar-refractivity contribution in [3.8, 4) is 0 Å². The molecule has 0 aromatic heterocycles. The van der Waals surface area contributed by atoms with Crippen molar-refractivity contribution in [3.63, 3.8) is 0 Å². The van der Waals surface area contributed by atoms with Crippen molar-refractivity contribution in [2.45, 2.75) is 25.0 Å². The molecular weight excluding hydrogens is 160 g/mol. The first kappa shape index (κ1) is 8.01.